The first-order valence-corrected chi connectivity index (χ1v) is 5.77. The van der Waals surface area contributed by atoms with Gasteiger partial charge in [0.15, 0.2) is 0 Å². The average molecular weight is 181 g/mol. The van der Waals surface area contributed by atoms with Crippen molar-refractivity contribution in [3.8, 4) is 0 Å². The lowest BCUT2D eigenvalue weighted by Gasteiger charge is -2.51. The van der Waals surface area contributed by atoms with Crippen LogP contribution in [0.5, 0.6) is 0 Å². The molecule has 0 N–H and O–H groups in total. The fourth-order valence-corrected chi connectivity index (χ4v) is 2.83. The molecule has 1 saturated carbocycles. The standard InChI is InChI=1S/C12H23N/c1-11(2,3)13-9-7-12(8-10-13)5-4-6-12/h4-10H2,1-3H3. The third-order valence-electron chi connectivity index (χ3n) is 4.19. The Labute approximate surface area is 82.5 Å². The van der Waals surface area contributed by atoms with Gasteiger partial charge in [-0.2, -0.15) is 0 Å². The van der Waals surface area contributed by atoms with E-state index in [0.717, 1.165) is 5.41 Å². The highest BCUT2D eigenvalue weighted by Gasteiger charge is 2.41. The smallest absolute Gasteiger partial charge is 0.0125 e. The largest absolute Gasteiger partial charge is 0.298 e. The second kappa shape index (κ2) is 2.98. The van der Waals surface area contributed by atoms with E-state index < -0.39 is 0 Å². The van der Waals surface area contributed by atoms with Gasteiger partial charge in [0, 0.05) is 5.54 Å². The molecule has 2 fully saturated rings. The zero-order chi connectivity index (χ0) is 9.53. The van der Waals surface area contributed by atoms with Gasteiger partial charge >= 0.3 is 0 Å². The van der Waals surface area contributed by atoms with E-state index in [1.807, 2.05) is 0 Å². The SMILES string of the molecule is CC(C)(C)N1CCC2(CCC2)CC1. The molecule has 0 bridgehead atoms. The fraction of sp³-hybridized carbons (Fsp3) is 1.00. The van der Waals surface area contributed by atoms with Crippen LogP contribution >= 0.6 is 0 Å². The summed E-state index contributed by atoms with van der Waals surface area (Å²) in [5.74, 6) is 0. The number of likely N-dealkylation sites (tertiary alicyclic amines) is 1. The summed E-state index contributed by atoms with van der Waals surface area (Å²) in [5, 5.41) is 0. The predicted molar refractivity (Wildman–Crippen MR) is 56.8 cm³/mol. The van der Waals surface area contributed by atoms with Crippen LogP contribution < -0.4 is 0 Å². The van der Waals surface area contributed by atoms with Crippen molar-refractivity contribution < 1.29 is 0 Å². The van der Waals surface area contributed by atoms with Crippen molar-refractivity contribution in [2.45, 2.75) is 58.4 Å². The van der Waals surface area contributed by atoms with E-state index in [1.165, 1.54) is 45.2 Å². The Kier molecular flexibility index (Phi) is 2.18. The summed E-state index contributed by atoms with van der Waals surface area (Å²) in [6, 6.07) is 0. The van der Waals surface area contributed by atoms with E-state index in [-0.39, 0.29) is 0 Å². The summed E-state index contributed by atoms with van der Waals surface area (Å²) in [4.78, 5) is 2.65. The molecule has 1 aliphatic carbocycles. The minimum Gasteiger partial charge on any atom is -0.298 e. The lowest BCUT2D eigenvalue weighted by Crippen LogP contribution is -2.50. The number of hydrogen-bond donors (Lipinski definition) is 0. The molecule has 0 unspecified atom stereocenters. The Bertz CT molecular complexity index is 176. The van der Waals surface area contributed by atoms with Crippen LogP contribution in [0.2, 0.25) is 0 Å². The van der Waals surface area contributed by atoms with Crippen molar-refractivity contribution in [1.29, 1.82) is 0 Å². The second-order valence-electron chi connectivity index (χ2n) is 6.01. The molecule has 1 spiro atoms. The van der Waals surface area contributed by atoms with Crippen molar-refractivity contribution in [1.82, 2.24) is 4.90 Å². The van der Waals surface area contributed by atoms with E-state index in [0.29, 0.717) is 5.54 Å². The number of rotatable bonds is 0. The molecule has 0 amide bonds. The maximum Gasteiger partial charge on any atom is 0.0125 e. The molecule has 2 aliphatic rings. The van der Waals surface area contributed by atoms with E-state index >= 15 is 0 Å². The number of piperidine rings is 1. The first-order valence-electron chi connectivity index (χ1n) is 5.77. The summed E-state index contributed by atoms with van der Waals surface area (Å²) < 4.78 is 0. The van der Waals surface area contributed by atoms with Crippen molar-refractivity contribution in [3.05, 3.63) is 0 Å². The molecule has 1 aliphatic heterocycles. The van der Waals surface area contributed by atoms with E-state index in [4.69, 9.17) is 0 Å². The van der Waals surface area contributed by atoms with Crippen molar-refractivity contribution in [3.63, 3.8) is 0 Å². The Balaban J connectivity index is 1.89. The summed E-state index contributed by atoms with van der Waals surface area (Å²) >= 11 is 0. The highest BCUT2D eigenvalue weighted by molar-refractivity contribution is 4.94. The third-order valence-corrected chi connectivity index (χ3v) is 4.19. The zero-order valence-corrected chi connectivity index (χ0v) is 9.40. The Hall–Kier alpha value is -0.0400. The molecule has 1 saturated heterocycles. The van der Waals surface area contributed by atoms with Gasteiger partial charge in [-0.1, -0.05) is 6.42 Å². The van der Waals surface area contributed by atoms with Crippen LogP contribution in [-0.4, -0.2) is 23.5 Å². The van der Waals surface area contributed by atoms with Crippen LogP contribution in [0.1, 0.15) is 52.9 Å². The maximum absolute atomic E-state index is 2.65. The van der Waals surface area contributed by atoms with Crippen molar-refractivity contribution >= 4 is 0 Å². The van der Waals surface area contributed by atoms with Crippen LogP contribution in [0.25, 0.3) is 0 Å². The predicted octanol–water partition coefficient (Wildman–Crippen LogP) is 3.05. The molecule has 1 nitrogen and oxygen atoms in total. The lowest BCUT2D eigenvalue weighted by molar-refractivity contribution is -0.00196. The Morgan fingerprint density at radius 1 is 0.923 bits per heavy atom. The van der Waals surface area contributed by atoms with Crippen LogP contribution in [0, 0.1) is 5.41 Å². The Morgan fingerprint density at radius 2 is 1.46 bits per heavy atom. The van der Waals surface area contributed by atoms with Gasteiger partial charge in [0.1, 0.15) is 0 Å². The lowest BCUT2D eigenvalue weighted by atomic mass is 9.63. The minimum atomic E-state index is 0.394. The first-order chi connectivity index (χ1) is 6.02. The molecule has 1 heteroatoms. The normalized spacial score (nSPS) is 28.8. The van der Waals surface area contributed by atoms with Gasteiger partial charge in [0.2, 0.25) is 0 Å². The topological polar surface area (TPSA) is 3.24 Å². The van der Waals surface area contributed by atoms with Gasteiger partial charge in [-0.3, -0.25) is 4.90 Å². The van der Waals surface area contributed by atoms with E-state index in [9.17, 15) is 0 Å². The highest BCUT2D eigenvalue weighted by atomic mass is 15.2. The quantitative estimate of drug-likeness (QED) is 0.555. The molecule has 0 atom stereocenters. The first kappa shape index (κ1) is 9.51. The summed E-state index contributed by atoms with van der Waals surface area (Å²) in [6.07, 6.45) is 7.46. The molecule has 76 valence electrons. The molecule has 0 aromatic carbocycles. The molecular weight excluding hydrogens is 158 g/mol. The van der Waals surface area contributed by atoms with Gasteiger partial charge in [-0.25, -0.2) is 0 Å². The molecule has 0 radical (unpaired) electrons. The van der Waals surface area contributed by atoms with Crippen molar-refractivity contribution in [2.75, 3.05) is 13.1 Å². The van der Waals surface area contributed by atoms with Gasteiger partial charge in [0.05, 0.1) is 0 Å². The van der Waals surface area contributed by atoms with Crippen LogP contribution in [-0.2, 0) is 0 Å². The number of hydrogen-bond acceptors (Lipinski definition) is 1. The van der Waals surface area contributed by atoms with Crippen LogP contribution in [0.15, 0.2) is 0 Å². The molecule has 13 heavy (non-hydrogen) atoms. The molecule has 2 rings (SSSR count). The van der Waals surface area contributed by atoms with Crippen LogP contribution in [0.3, 0.4) is 0 Å². The second-order valence-corrected chi connectivity index (χ2v) is 6.01. The summed E-state index contributed by atoms with van der Waals surface area (Å²) in [6.45, 7) is 9.69. The third kappa shape index (κ3) is 1.76. The fourth-order valence-electron chi connectivity index (χ4n) is 2.83. The monoisotopic (exact) mass is 181 g/mol. The van der Waals surface area contributed by atoms with Crippen molar-refractivity contribution in [2.24, 2.45) is 5.41 Å². The van der Waals surface area contributed by atoms with E-state index in [1.54, 1.807) is 0 Å². The molecule has 0 aromatic rings. The molecule has 1 heterocycles. The summed E-state index contributed by atoms with van der Waals surface area (Å²) in [7, 11) is 0. The van der Waals surface area contributed by atoms with E-state index in [2.05, 4.69) is 25.7 Å². The van der Waals surface area contributed by atoms with Gasteiger partial charge in [-0.15, -0.1) is 0 Å². The Morgan fingerprint density at radius 3 is 1.77 bits per heavy atom. The van der Waals surface area contributed by atoms with Gasteiger partial charge < -0.3 is 0 Å². The summed E-state index contributed by atoms with van der Waals surface area (Å²) in [5.41, 5.74) is 1.20. The van der Waals surface area contributed by atoms with Crippen LogP contribution in [0.4, 0.5) is 0 Å². The minimum absolute atomic E-state index is 0.394. The molecule has 0 aromatic heterocycles. The number of nitrogens with zero attached hydrogens (tertiary/aromatic N) is 1. The highest BCUT2D eigenvalue weighted by Crippen LogP contribution is 2.49. The average Bonchev–Trinajstić information content (AvgIpc) is 2.00. The molecular formula is C12H23N. The zero-order valence-electron chi connectivity index (χ0n) is 9.40. The van der Waals surface area contributed by atoms with Gasteiger partial charge in [0.25, 0.3) is 0 Å². The maximum atomic E-state index is 2.65. The van der Waals surface area contributed by atoms with Gasteiger partial charge in [-0.05, 0) is 65.0 Å².